The molecule has 0 bridgehead atoms. The lowest BCUT2D eigenvalue weighted by Gasteiger charge is -2.28. The van der Waals surface area contributed by atoms with Crippen molar-refractivity contribution < 1.29 is 27.8 Å². The SMILES string of the molecule is O=C(O)c1cnn2ccc(N3CCCC3c3cc(F)ccc3OC(F)F)cc12. The summed E-state index contributed by atoms with van der Waals surface area (Å²) in [5, 5.41) is 13.3. The third kappa shape index (κ3) is 3.23. The number of aromatic carboxylic acids is 1. The van der Waals surface area contributed by atoms with E-state index in [-0.39, 0.29) is 17.4 Å². The van der Waals surface area contributed by atoms with Crippen molar-refractivity contribution in [2.75, 3.05) is 11.4 Å². The normalized spacial score (nSPS) is 16.9. The smallest absolute Gasteiger partial charge is 0.387 e. The first-order chi connectivity index (χ1) is 13.4. The van der Waals surface area contributed by atoms with E-state index in [0.29, 0.717) is 29.7 Å². The molecule has 6 nitrogen and oxygen atoms in total. The number of pyridine rings is 1. The maximum atomic E-state index is 13.8. The molecule has 0 radical (unpaired) electrons. The van der Waals surface area contributed by atoms with E-state index in [0.717, 1.165) is 12.5 Å². The number of rotatable bonds is 5. The van der Waals surface area contributed by atoms with Crippen molar-refractivity contribution >= 4 is 17.2 Å². The minimum Gasteiger partial charge on any atom is -0.478 e. The summed E-state index contributed by atoms with van der Waals surface area (Å²) in [6.45, 7) is -2.40. The van der Waals surface area contributed by atoms with E-state index in [1.165, 1.54) is 22.8 Å². The van der Waals surface area contributed by atoms with Gasteiger partial charge in [0.1, 0.15) is 17.1 Å². The Labute approximate surface area is 157 Å². The Hall–Kier alpha value is -3.23. The van der Waals surface area contributed by atoms with Crippen molar-refractivity contribution in [3.8, 4) is 5.75 Å². The first-order valence-electron chi connectivity index (χ1n) is 8.65. The van der Waals surface area contributed by atoms with Crippen LogP contribution in [0.3, 0.4) is 0 Å². The Morgan fingerprint density at radius 2 is 2.11 bits per heavy atom. The zero-order chi connectivity index (χ0) is 19.8. The first kappa shape index (κ1) is 18.1. The number of ether oxygens (including phenoxy) is 1. The maximum Gasteiger partial charge on any atom is 0.387 e. The highest BCUT2D eigenvalue weighted by molar-refractivity contribution is 5.95. The second-order valence-electron chi connectivity index (χ2n) is 6.49. The summed E-state index contributed by atoms with van der Waals surface area (Å²) in [5.41, 5.74) is 1.51. The van der Waals surface area contributed by atoms with Crippen LogP contribution >= 0.6 is 0 Å². The van der Waals surface area contributed by atoms with Gasteiger partial charge in [0.2, 0.25) is 0 Å². The van der Waals surface area contributed by atoms with Gasteiger partial charge >= 0.3 is 12.6 Å². The van der Waals surface area contributed by atoms with Crippen molar-refractivity contribution in [2.45, 2.75) is 25.5 Å². The second-order valence-corrected chi connectivity index (χ2v) is 6.49. The maximum absolute atomic E-state index is 13.8. The number of nitrogens with zero attached hydrogens (tertiary/aromatic N) is 3. The molecule has 1 unspecified atom stereocenters. The molecule has 28 heavy (non-hydrogen) atoms. The highest BCUT2D eigenvalue weighted by Crippen LogP contribution is 2.41. The van der Waals surface area contributed by atoms with E-state index < -0.39 is 18.4 Å². The van der Waals surface area contributed by atoms with E-state index in [1.54, 1.807) is 18.3 Å². The third-order valence-corrected chi connectivity index (χ3v) is 4.87. The number of carboxylic acid groups (broad SMARTS) is 1. The summed E-state index contributed by atoms with van der Waals surface area (Å²) in [5.74, 6) is -1.70. The lowest BCUT2D eigenvalue weighted by Crippen LogP contribution is -2.23. The molecule has 1 saturated heterocycles. The van der Waals surface area contributed by atoms with Gasteiger partial charge in [-0.3, -0.25) is 0 Å². The van der Waals surface area contributed by atoms with Gasteiger partial charge in [0.15, 0.2) is 0 Å². The zero-order valence-corrected chi connectivity index (χ0v) is 14.6. The number of hydrogen-bond donors (Lipinski definition) is 1. The van der Waals surface area contributed by atoms with Gasteiger partial charge in [-0.15, -0.1) is 0 Å². The number of hydrogen-bond acceptors (Lipinski definition) is 4. The van der Waals surface area contributed by atoms with Crippen molar-refractivity contribution in [1.29, 1.82) is 0 Å². The summed E-state index contributed by atoms with van der Waals surface area (Å²) >= 11 is 0. The number of aromatic nitrogens is 2. The quantitative estimate of drug-likeness (QED) is 0.709. The molecule has 3 aromatic rings. The van der Waals surface area contributed by atoms with E-state index in [9.17, 15) is 23.1 Å². The first-order valence-corrected chi connectivity index (χ1v) is 8.65. The van der Waals surface area contributed by atoms with Crippen LogP contribution in [0.2, 0.25) is 0 Å². The number of alkyl halides is 2. The molecule has 0 aliphatic carbocycles. The molecule has 1 atom stereocenters. The fraction of sp³-hybridized carbons (Fsp3) is 0.263. The van der Waals surface area contributed by atoms with E-state index in [1.807, 2.05) is 4.90 Å². The molecule has 1 aromatic carbocycles. The molecule has 1 aliphatic rings. The highest BCUT2D eigenvalue weighted by Gasteiger charge is 2.30. The van der Waals surface area contributed by atoms with Crippen molar-refractivity contribution in [2.24, 2.45) is 0 Å². The Kier molecular flexibility index (Phi) is 4.58. The summed E-state index contributed by atoms with van der Waals surface area (Å²) in [6, 6.07) is 6.57. The molecule has 4 rings (SSSR count). The molecule has 3 heterocycles. The highest BCUT2D eigenvalue weighted by atomic mass is 19.3. The molecule has 0 spiro atoms. The summed E-state index contributed by atoms with van der Waals surface area (Å²) < 4.78 is 45.4. The van der Waals surface area contributed by atoms with Gasteiger partial charge in [0.25, 0.3) is 0 Å². The number of halogens is 3. The number of anilines is 1. The van der Waals surface area contributed by atoms with Crippen LogP contribution in [0.25, 0.3) is 5.52 Å². The van der Waals surface area contributed by atoms with Crippen molar-refractivity contribution in [3.63, 3.8) is 0 Å². The van der Waals surface area contributed by atoms with Gasteiger partial charge in [-0.2, -0.15) is 13.9 Å². The average molecular weight is 391 g/mol. The molecule has 0 amide bonds. The van der Waals surface area contributed by atoms with Gasteiger partial charge in [0.05, 0.1) is 17.8 Å². The van der Waals surface area contributed by atoms with Crippen LogP contribution in [-0.2, 0) is 0 Å². The summed E-state index contributed by atoms with van der Waals surface area (Å²) in [7, 11) is 0. The van der Waals surface area contributed by atoms with Gasteiger partial charge in [-0.1, -0.05) is 0 Å². The van der Waals surface area contributed by atoms with Gasteiger partial charge in [-0.05, 0) is 43.2 Å². The zero-order valence-electron chi connectivity index (χ0n) is 14.6. The molecule has 2 aromatic heterocycles. The number of carbonyl (C=O) groups is 1. The predicted molar refractivity (Wildman–Crippen MR) is 94.5 cm³/mol. The Balaban J connectivity index is 1.75. The lowest BCUT2D eigenvalue weighted by atomic mass is 10.0. The summed E-state index contributed by atoms with van der Waals surface area (Å²) in [4.78, 5) is 13.3. The van der Waals surface area contributed by atoms with Crippen LogP contribution < -0.4 is 9.64 Å². The van der Waals surface area contributed by atoms with Gasteiger partial charge in [0, 0.05) is 24.0 Å². The topological polar surface area (TPSA) is 67.1 Å². The standard InChI is InChI=1S/C19H16F3N3O3/c20-11-3-4-17(28-19(21)22)13(8-11)15-2-1-6-24(15)12-5-7-25-16(9-12)14(10-23-25)18(26)27/h3-5,7-10,15,19H,1-2,6H2,(H,26,27). The molecule has 1 fully saturated rings. The third-order valence-electron chi connectivity index (χ3n) is 4.87. The van der Waals surface area contributed by atoms with Gasteiger partial charge < -0.3 is 14.7 Å². The van der Waals surface area contributed by atoms with Crippen LogP contribution in [0.4, 0.5) is 18.9 Å². The lowest BCUT2D eigenvalue weighted by molar-refractivity contribution is -0.0506. The average Bonchev–Trinajstić information content (AvgIpc) is 3.28. The van der Waals surface area contributed by atoms with Crippen molar-refractivity contribution in [1.82, 2.24) is 9.61 Å². The largest absolute Gasteiger partial charge is 0.478 e. The predicted octanol–water partition coefficient (Wildman–Crippen LogP) is 4.11. The Bertz CT molecular complexity index is 1040. The molecular formula is C19H16F3N3O3. The molecular weight excluding hydrogens is 375 g/mol. The molecule has 9 heteroatoms. The van der Waals surface area contributed by atoms with Crippen LogP contribution in [0.1, 0.15) is 34.8 Å². The number of fused-ring (bicyclic) bond motifs is 1. The molecule has 1 aliphatic heterocycles. The fourth-order valence-electron chi connectivity index (χ4n) is 3.70. The van der Waals surface area contributed by atoms with Gasteiger partial charge in [-0.25, -0.2) is 13.7 Å². The summed E-state index contributed by atoms with van der Waals surface area (Å²) in [6.07, 6.45) is 4.30. The second kappa shape index (κ2) is 7.06. The molecule has 1 N–H and O–H groups in total. The monoisotopic (exact) mass is 391 g/mol. The minimum absolute atomic E-state index is 0.0603. The molecule has 146 valence electrons. The fourth-order valence-corrected chi connectivity index (χ4v) is 3.70. The van der Waals surface area contributed by atoms with Crippen molar-refractivity contribution in [3.05, 3.63) is 59.7 Å². The number of carboxylic acids is 1. The van der Waals surface area contributed by atoms with Crippen LogP contribution in [0, 0.1) is 5.82 Å². The van der Waals surface area contributed by atoms with Crippen LogP contribution in [0.5, 0.6) is 5.75 Å². The van der Waals surface area contributed by atoms with E-state index in [2.05, 4.69) is 9.84 Å². The number of benzene rings is 1. The Morgan fingerprint density at radius 1 is 1.29 bits per heavy atom. The van der Waals surface area contributed by atoms with Crippen LogP contribution in [0.15, 0.2) is 42.7 Å². The molecule has 0 saturated carbocycles. The van der Waals surface area contributed by atoms with E-state index >= 15 is 0 Å². The van der Waals surface area contributed by atoms with Crippen LogP contribution in [-0.4, -0.2) is 33.8 Å². The Morgan fingerprint density at radius 3 is 2.86 bits per heavy atom. The minimum atomic E-state index is -3.01. The van der Waals surface area contributed by atoms with E-state index in [4.69, 9.17) is 0 Å².